The van der Waals surface area contributed by atoms with Crippen molar-refractivity contribution in [2.45, 2.75) is 52.4 Å². The number of carbonyl (C=O) groups is 1. The predicted octanol–water partition coefficient (Wildman–Crippen LogP) is 4.58. The first-order chi connectivity index (χ1) is 11.6. The summed E-state index contributed by atoms with van der Waals surface area (Å²) in [6.07, 6.45) is 10.1. The Labute approximate surface area is 145 Å². The van der Waals surface area contributed by atoms with Crippen LogP contribution in [0.3, 0.4) is 0 Å². The maximum absolute atomic E-state index is 12.3. The molecule has 0 aromatic rings. The number of aldehydes is 1. The smallest absolute Gasteiger partial charge is 0.123 e. The molecule has 1 aliphatic rings. The van der Waals surface area contributed by atoms with Gasteiger partial charge in [0.2, 0.25) is 0 Å². The second-order valence-corrected chi connectivity index (χ2v) is 5.75. The molecule has 0 aromatic carbocycles. The minimum absolute atomic E-state index is 0.0672. The Hall–Kier alpha value is -1.65. The molecule has 0 spiro atoms. The second kappa shape index (κ2) is 14.9. The molecule has 0 fully saturated rings. The lowest BCUT2D eigenvalue weighted by molar-refractivity contribution is -0.107. The number of alkyl halides is 1. The molecule has 1 atom stereocenters. The number of carbonyl (C=O) groups excluding carboxylic acids is 1. The van der Waals surface area contributed by atoms with Crippen LogP contribution in [-0.4, -0.2) is 26.6 Å². The van der Waals surface area contributed by atoms with Crippen molar-refractivity contribution in [3.63, 3.8) is 0 Å². The normalized spacial score (nSPS) is 18.2. The average Bonchev–Trinajstić information content (AvgIpc) is 2.58. The number of nitrogens with one attached hydrogen (secondary N) is 2. The third kappa shape index (κ3) is 10.2. The quantitative estimate of drug-likeness (QED) is 0.476. The number of hydrogen-bond acceptors (Lipinski definition) is 3. The minimum Gasteiger partial charge on any atom is -0.390 e. The maximum atomic E-state index is 12.3. The van der Waals surface area contributed by atoms with Gasteiger partial charge in [-0.05, 0) is 37.7 Å². The molecule has 0 aromatic heterocycles. The first kappa shape index (κ1) is 22.4. The lowest BCUT2D eigenvalue weighted by atomic mass is 9.91. The number of halogens is 2. The fraction of sp³-hybridized carbons (Fsp3) is 0.632. The van der Waals surface area contributed by atoms with Crippen LogP contribution in [0.25, 0.3) is 0 Å². The van der Waals surface area contributed by atoms with Gasteiger partial charge < -0.3 is 15.4 Å². The molecule has 0 saturated heterocycles. The van der Waals surface area contributed by atoms with E-state index in [1.807, 2.05) is 7.05 Å². The van der Waals surface area contributed by atoms with Gasteiger partial charge in [-0.15, -0.1) is 0 Å². The van der Waals surface area contributed by atoms with E-state index in [0.29, 0.717) is 12.2 Å². The van der Waals surface area contributed by atoms with Crippen LogP contribution in [0.2, 0.25) is 0 Å². The topological polar surface area (TPSA) is 41.1 Å². The van der Waals surface area contributed by atoms with E-state index in [-0.39, 0.29) is 12.8 Å². The van der Waals surface area contributed by atoms with Crippen LogP contribution in [0.15, 0.2) is 35.4 Å². The van der Waals surface area contributed by atoms with Crippen LogP contribution < -0.4 is 10.6 Å². The molecule has 0 heterocycles. The Balaban J connectivity index is 0.000000449. The standard InChI is InChI=1S/C11H22N2.C8H10F2O/c1-4-8-13-10-7-5-6-9(2)11(10)12-3;9-6-5-8(10)4-2-1-3-7-11/h9,12-13H,4-8H2,1-3H3;1-2,5,7H,3-4,6H2/b;2-1-,8-5+. The van der Waals surface area contributed by atoms with Gasteiger partial charge in [-0.1, -0.05) is 26.0 Å². The Morgan fingerprint density at radius 3 is 2.71 bits per heavy atom. The minimum atomic E-state index is -0.784. The summed E-state index contributed by atoms with van der Waals surface area (Å²) in [4.78, 5) is 9.76. The first-order valence-electron chi connectivity index (χ1n) is 8.74. The average molecular weight is 342 g/mol. The van der Waals surface area contributed by atoms with Crippen molar-refractivity contribution in [2.24, 2.45) is 5.92 Å². The van der Waals surface area contributed by atoms with E-state index in [1.165, 1.54) is 43.2 Å². The van der Waals surface area contributed by atoms with Gasteiger partial charge in [0.05, 0.1) is 0 Å². The highest BCUT2D eigenvalue weighted by molar-refractivity contribution is 5.51. The summed E-state index contributed by atoms with van der Waals surface area (Å²) in [5.41, 5.74) is 2.88. The van der Waals surface area contributed by atoms with Crippen molar-refractivity contribution >= 4 is 6.29 Å². The summed E-state index contributed by atoms with van der Waals surface area (Å²) in [7, 11) is 2.03. The lowest BCUT2D eigenvalue weighted by Gasteiger charge is -2.26. The Kier molecular flexibility index (Phi) is 13.9. The summed E-state index contributed by atoms with van der Waals surface area (Å²) in [6, 6.07) is 0. The third-order valence-electron chi connectivity index (χ3n) is 3.75. The van der Waals surface area contributed by atoms with Crippen molar-refractivity contribution in [3.05, 3.63) is 35.4 Å². The fourth-order valence-electron chi connectivity index (χ4n) is 2.53. The SMILES string of the molecule is CCCNC1=C(NC)C(C)CCC1.O=CC/C=C\C/C(F)=C\CF. The zero-order chi connectivity index (χ0) is 18.2. The Morgan fingerprint density at radius 2 is 2.12 bits per heavy atom. The highest BCUT2D eigenvalue weighted by Crippen LogP contribution is 2.26. The van der Waals surface area contributed by atoms with Gasteiger partial charge in [-0.2, -0.15) is 0 Å². The molecular weight excluding hydrogens is 310 g/mol. The van der Waals surface area contributed by atoms with E-state index in [2.05, 4.69) is 24.5 Å². The molecule has 0 amide bonds. The van der Waals surface area contributed by atoms with Crippen LogP contribution in [0, 0.1) is 5.92 Å². The third-order valence-corrected chi connectivity index (χ3v) is 3.75. The van der Waals surface area contributed by atoms with Gasteiger partial charge in [0.15, 0.2) is 0 Å². The predicted molar refractivity (Wildman–Crippen MR) is 97.0 cm³/mol. The van der Waals surface area contributed by atoms with Gasteiger partial charge in [0.25, 0.3) is 0 Å². The molecule has 0 bridgehead atoms. The maximum Gasteiger partial charge on any atom is 0.123 e. The van der Waals surface area contributed by atoms with E-state index >= 15 is 0 Å². The van der Waals surface area contributed by atoms with Crippen LogP contribution in [0.5, 0.6) is 0 Å². The van der Waals surface area contributed by atoms with Crippen molar-refractivity contribution in [1.82, 2.24) is 10.6 Å². The molecule has 5 heteroatoms. The molecule has 24 heavy (non-hydrogen) atoms. The number of hydrogen-bond donors (Lipinski definition) is 2. The van der Waals surface area contributed by atoms with E-state index in [4.69, 9.17) is 0 Å². The molecule has 0 radical (unpaired) electrons. The van der Waals surface area contributed by atoms with Crippen LogP contribution >= 0.6 is 0 Å². The molecular formula is C19H32F2N2O. The summed E-state index contributed by atoms with van der Waals surface area (Å²) < 4.78 is 23.7. The molecule has 0 aliphatic heterocycles. The Bertz CT molecular complexity index is 431. The van der Waals surface area contributed by atoms with Crippen molar-refractivity contribution in [2.75, 3.05) is 20.3 Å². The van der Waals surface area contributed by atoms with Gasteiger partial charge in [-0.3, -0.25) is 0 Å². The monoisotopic (exact) mass is 342 g/mol. The second-order valence-electron chi connectivity index (χ2n) is 5.75. The zero-order valence-corrected chi connectivity index (χ0v) is 15.2. The summed E-state index contributed by atoms with van der Waals surface area (Å²) >= 11 is 0. The molecule has 0 saturated carbocycles. The summed E-state index contributed by atoms with van der Waals surface area (Å²) in [5, 5.41) is 6.85. The van der Waals surface area contributed by atoms with E-state index in [9.17, 15) is 13.6 Å². The van der Waals surface area contributed by atoms with Gasteiger partial charge >= 0.3 is 0 Å². The largest absolute Gasteiger partial charge is 0.390 e. The highest BCUT2D eigenvalue weighted by Gasteiger charge is 2.17. The van der Waals surface area contributed by atoms with Crippen molar-refractivity contribution in [1.29, 1.82) is 0 Å². The highest BCUT2D eigenvalue weighted by atomic mass is 19.1. The zero-order valence-electron chi connectivity index (χ0n) is 15.2. The molecule has 1 unspecified atom stereocenters. The molecule has 1 rings (SSSR count). The summed E-state index contributed by atoms with van der Waals surface area (Å²) in [6.45, 7) is 4.83. The molecule has 2 N–H and O–H groups in total. The van der Waals surface area contributed by atoms with E-state index < -0.39 is 12.5 Å². The lowest BCUT2D eigenvalue weighted by Crippen LogP contribution is -2.27. The van der Waals surface area contributed by atoms with Crippen LogP contribution in [0.4, 0.5) is 8.78 Å². The van der Waals surface area contributed by atoms with E-state index in [1.54, 1.807) is 6.08 Å². The first-order valence-corrected chi connectivity index (χ1v) is 8.74. The number of rotatable bonds is 9. The van der Waals surface area contributed by atoms with Gasteiger partial charge in [0.1, 0.15) is 18.8 Å². The van der Waals surface area contributed by atoms with Crippen LogP contribution in [-0.2, 0) is 4.79 Å². The Morgan fingerprint density at radius 1 is 1.38 bits per heavy atom. The fourth-order valence-corrected chi connectivity index (χ4v) is 2.53. The number of allylic oxidation sites excluding steroid dienone is 6. The van der Waals surface area contributed by atoms with Gasteiger partial charge in [-0.25, -0.2) is 8.78 Å². The van der Waals surface area contributed by atoms with Crippen LogP contribution in [0.1, 0.15) is 52.4 Å². The molecule has 3 nitrogen and oxygen atoms in total. The van der Waals surface area contributed by atoms with E-state index in [0.717, 1.165) is 12.6 Å². The summed E-state index contributed by atoms with van der Waals surface area (Å²) in [5.74, 6) is 0.202. The van der Waals surface area contributed by atoms with Gasteiger partial charge in [0, 0.05) is 37.8 Å². The van der Waals surface area contributed by atoms with Crippen molar-refractivity contribution < 1.29 is 13.6 Å². The van der Waals surface area contributed by atoms with Crippen molar-refractivity contribution in [3.8, 4) is 0 Å². The molecule has 1 aliphatic carbocycles. The molecule has 138 valence electrons.